The first kappa shape index (κ1) is 20.8. The zero-order valence-electron chi connectivity index (χ0n) is 19.0. The summed E-state index contributed by atoms with van der Waals surface area (Å²) in [6.07, 6.45) is 4.92. The summed E-state index contributed by atoms with van der Waals surface area (Å²) < 4.78 is 1.11. The van der Waals surface area contributed by atoms with Crippen LogP contribution in [0.1, 0.15) is 51.8 Å². The van der Waals surface area contributed by atoms with Crippen LogP contribution in [0.15, 0.2) is 97.1 Å². The first-order chi connectivity index (χ1) is 16.2. The standard InChI is InChI=1S/2C16H13.Zr/c2*1-12-6-8-13(9-7-12)16-10-14-4-2-3-5-15(14)11-16;/h2*2-11H,1H3;. The number of benzene rings is 4. The predicted molar refractivity (Wildman–Crippen MR) is 136 cm³/mol. The van der Waals surface area contributed by atoms with Gasteiger partial charge in [-0.05, 0) is 0 Å². The number of aryl methyl sites for hydroxylation is 2. The van der Waals surface area contributed by atoms with Crippen molar-refractivity contribution < 1.29 is 23.2 Å². The number of hydrogen-bond donors (Lipinski definition) is 0. The number of fused-ring (bicyclic) bond motifs is 2. The Morgan fingerprint density at radius 3 is 1.30 bits per heavy atom. The summed E-state index contributed by atoms with van der Waals surface area (Å²) in [6.45, 7) is 4.34. The number of allylic oxidation sites excluding steroid dienone is 2. The quantitative estimate of drug-likeness (QED) is 0.264. The molecule has 6 rings (SSSR count). The third-order valence-electron chi connectivity index (χ3n) is 6.96. The van der Waals surface area contributed by atoms with Gasteiger partial charge in [-0.3, -0.25) is 0 Å². The summed E-state index contributed by atoms with van der Waals surface area (Å²) in [6, 6.07) is 36.4. The first-order valence-electron chi connectivity index (χ1n) is 11.7. The van der Waals surface area contributed by atoms with Gasteiger partial charge < -0.3 is 0 Å². The Kier molecular flexibility index (Phi) is 5.39. The Bertz CT molecular complexity index is 1280. The van der Waals surface area contributed by atoms with E-state index in [-0.39, 0.29) is 0 Å². The maximum absolute atomic E-state index is 2.46. The van der Waals surface area contributed by atoms with E-state index in [1.165, 1.54) is 55.7 Å². The van der Waals surface area contributed by atoms with Crippen molar-refractivity contribution >= 4 is 23.3 Å². The van der Waals surface area contributed by atoms with Gasteiger partial charge in [0.05, 0.1) is 0 Å². The Labute approximate surface area is 208 Å². The Hall–Kier alpha value is -2.76. The molecule has 33 heavy (non-hydrogen) atoms. The van der Waals surface area contributed by atoms with Crippen molar-refractivity contribution in [3.8, 4) is 0 Å². The SMILES string of the molecule is Cc1ccc(C2=Cc3ccccc3[CH]2[Zr][CH]2C(c3ccc(C)cc3)=Cc3ccccc32)cc1. The number of hydrogen-bond acceptors (Lipinski definition) is 0. The van der Waals surface area contributed by atoms with Gasteiger partial charge in [0.2, 0.25) is 0 Å². The van der Waals surface area contributed by atoms with Crippen LogP contribution in [-0.4, -0.2) is 0 Å². The molecule has 2 atom stereocenters. The maximum atomic E-state index is 2.46. The zero-order chi connectivity index (χ0) is 22.4. The van der Waals surface area contributed by atoms with Gasteiger partial charge in [0.15, 0.2) is 0 Å². The molecular weight excluding hydrogens is 476 g/mol. The average Bonchev–Trinajstić information content (AvgIpc) is 3.39. The predicted octanol–water partition coefficient (Wildman–Crippen LogP) is 8.28. The van der Waals surface area contributed by atoms with Crippen LogP contribution < -0.4 is 0 Å². The van der Waals surface area contributed by atoms with E-state index in [4.69, 9.17) is 0 Å². The van der Waals surface area contributed by atoms with Crippen LogP contribution in [0.3, 0.4) is 0 Å². The normalized spacial score (nSPS) is 18.4. The van der Waals surface area contributed by atoms with E-state index in [0.29, 0.717) is 7.25 Å². The molecule has 0 amide bonds. The summed E-state index contributed by atoms with van der Waals surface area (Å²) in [5.74, 6) is 0. The van der Waals surface area contributed by atoms with Crippen molar-refractivity contribution in [3.05, 3.63) is 142 Å². The molecule has 2 unspecified atom stereocenters. The summed E-state index contributed by atoms with van der Waals surface area (Å²) in [5, 5.41) is 0. The van der Waals surface area contributed by atoms with Crippen LogP contribution in [-0.2, 0) is 23.2 Å². The van der Waals surface area contributed by atoms with Gasteiger partial charge >= 0.3 is 209 Å². The minimum absolute atomic E-state index is 0.553. The Morgan fingerprint density at radius 1 is 0.485 bits per heavy atom. The molecule has 1 heteroatoms. The van der Waals surface area contributed by atoms with Crippen LogP contribution in [0.25, 0.3) is 23.3 Å². The third-order valence-corrected chi connectivity index (χ3v) is 11.7. The Balaban J connectivity index is 1.44. The molecule has 4 aromatic carbocycles. The molecule has 0 heterocycles. The van der Waals surface area contributed by atoms with Crippen LogP contribution >= 0.6 is 0 Å². The topological polar surface area (TPSA) is 0 Å². The van der Waals surface area contributed by atoms with E-state index < -0.39 is 23.2 Å². The second kappa shape index (κ2) is 8.55. The van der Waals surface area contributed by atoms with Gasteiger partial charge in [0.25, 0.3) is 0 Å². The second-order valence-corrected chi connectivity index (χ2v) is 12.9. The molecule has 0 radical (unpaired) electrons. The van der Waals surface area contributed by atoms with Gasteiger partial charge in [-0.1, -0.05) is 0 Å². The van der Waals surface area contributed by atoms with Gasteiger partial charge in [-0.25, -0.2) is 0 Å². The average molecular weight is 502 g/mol. The van der Waals surface area contributed by atoms with E-state index in [0.717, 1.165) is 0 Å². The molecular formula is C32H26Zr. The fraction of sp³-hybridized carbons (Fsp3) is 0.125. The minimum atomic E-state index is -0.965. The monoisotopic (exact) mass is 500 g/mol. The molecule has 0 saturated carbocycles. The molecule has 158 valence electrons. The molecule has 2 aliphatic rings. The summed E-state index contributed by atoms with van der Waals surface area (Å²) in [7, 11) is 0. The van der Waals surface area contributed by atoms with Crippen molar-refractivity contribution in [2.24, 2.45) is 0 Å². The first-order valence-corrected chi connectivity index (χ1v) is 14.5. The van der Waals surface area contributed by atoms with Crippen molar-refractivity contribution in [2.75, 3.05) is 0 Å². The third kappa shape index (κ3) is 3.83. The van der Waals surface area contributed by atoms with Crippen molar-refractivity contribution in [2.45, 2.75) is 21.1 Å². The molecule has 4 aromatic rings. The van der Waals surface area contributed by atoms with Crippen LogP contribution in [0.4, 0.5) is 0 Å². The van der Waals surface area contributed by atoms with Crippen LogP contribution in [0.5, 0.6) is 0 Å². The molecule has 0 spiro atoms. The van der Waals surface area contributed by atoms with Gasteiger partial charge in [-0.2, -0.15) is 0 Å². The molecule has 0 fully saturated rings. The van der Waals surface area contributed by atoms with Crippen molar-refractivity contribution in [3.63, 3.8) is 0 Å². The zero-order valence-corrected chi connectivity index (χ0v) is 21.5. The van der Waals surface area contributed by atoms with E-state index in [2.05, 4.69) is 123 Å². The second-order valence-electron chi connectivity index (χ2n) is 9.22. The fourth-order valence-corrected chi connectivity index (χ4v) is 10.3. The van der Waals surface area contributed by atoms with Crippen molar-refractivity contribution in [1.29, 1.82) is 0 Å². The molecule has 2 aliphatic carbocycles. The van der Waals surface area contributed by atoms with Gasteiger partial charge in [-0.15, -0.1) is 0 Å². The summed E-state index contributed by atoms with van der Waals surface area (Å²) in [4.78, 5) is 0. The molecule has 0 N–H and O–H groups in total. The van der Waals surface area contributed by atoms with E-state index in [1.807, 2.05) is 0 Å². The molecule has 0 aliphatic heterocycles. The van der Waals surface area contributed by atoms with Crippen LogP contribution in [0, 0.1) is 13.8 Å². The van der Waals surface area contributed by atoms with E-state index in [1.54, 1.807) is 0 Å². The van der Waals surface area contributed by atoms with Gasteiger partial charge in [0.1, 0.15) is 0 Å². The molecule has 0 nitrogen and oxygen atoms in total. The van der Waals surface area contributed by atoms with Crippen LogP contribution in [0.2, 0.25) is 0 Å². The van der Waals surface area contributed by atoms with Gasteiger partial charge in [0, 0.05) is 0 Å². The Morgan fingerprint density at radius 2 is 0.879 bits per heavy atom. The molecule has 0 saturated heterocycles. The summed E-state index contributed by atoms with van der Waals surface area (Å²) in [5.41, 5.74) is 14.3. The summed E-state index contributed by atoms with van der Waals surface area (Å²) >= 11 is -0.965. The number of rotatable bonds is 4. The van der Waals surface area contributed by atoms with Crippen molar-refractivity contribution in [1.82, 2.24) is 0 Å². The molecule has 0 bridgehead atoms. The fourth-order valence-electron chi connectivity index (χ4n) is 5.17. The molecule has 0 aromatic heterocycles. The van der Waals surface area contributed by atoms with E-state index in [9.17, 15) is 0 Å². The van der Waals surface area contributed by atoms with E-state index >= 15 is 0 Å².